The molecule has 0 bridgehead atoms. The van der Waals surface area contributed by atoms with Gasteiger partial charge in [-0.2, -0.15) is 11.8 Å². The van der Waals surface area contributed by atoms with Gasteiger partial charge in [-0.3, -0.25) is 0 Å². The first-order valence-electron chi connectivity index (χ1n) is 6.10. The summed E-state index contributed by atoms with van der Waals surface area (Å²) >= 11 is 1.67. The largest absolute Gasteiger partial charge is 0.394 e. The second kappa shape index (κ2) is 9.09. The molecule has 1 fully saturated rings. The average Bonchev–Trinajstić information content (AvgIpc) is 2.42. The molecule has 8 heteroatoms. The molecule has 0 aromatic carbocycles. The fourth-order valence-corrected chi connectivity index (χ4v) is 1.96. The molecule has 1 heterocycles. The van der Waals surface area contributed by atoms with Crippen LogP contribution in [0, 0.1) is 0 Å². The Labute approximate surface area is 116 Å². The number of aliphatic hydroxyl groups is 4. The standard InChI is InChI=1S/C11H22O7S/c1-19-5-4-16-2-3-17-11-10(15)9(14)8(13)7(6-12)18-11/h7-15H,2-6H2,1H3. The molecule has 0 aliphatic carbocycles. The first-order valence-corrected chi connectivity index (χ1v) is 7.50. The summed E-state index contributed by atoms with van der Waals surface area (Å²) in [7, 11) is 0. The van der Waals surface area contributed by atoms with Gasteiger partial charge in [0.25, 0.3) is 0 Å². The molecule has 0 aromatic heterocycles. The molecule has 1 rings (SSSR count). The Balaban J connectivity index is 2.28. The van der Waals surface area contributed by atoms with Crippen molar-refractivity contribution in [3.8, 4) is 0 Å². The Hall–Kier alpha value is 0.0700. The van der Waals surface area contributed by atoms with Crippen LogP contribution in [-0.2, 0) is 14.2 Å². The Morgan fingerprint density at radius 1 is 1.05 bits per heavy atom. The Bertz CT molecular complexity index is 241. The van der Waals surface area contributed by atoms with E-state index in [-0.39, 0.29) is 6.61 Å². The first-order chi connectivity index (χ1) is 9.11. The van der Waals surface area contributed by atoms with Gasteiger partial charge in [0.05, 0.1) is 26.4 Å². The first kappa shape index (κ1) is 17.1. The maximum Gasteiger partial charge on any atom is 0.186 e. The monoisotopic (exact) mass is 298 g/mol. The molecular formula is C11H22O7S. The van der Waals surface area contributed by atoms with Gasteiger partial charge in [0.1, 0.15) is 24.4 Å². The fourth-order valence-electron chi connectivity index (χ4n) is 1.67. The minimum Gasteiger partial charge on any atom is -0.394 e. The molecule has 1 saturated heterocycles. The van der Waals surface area contributed by atoms with Crippen LogP contribution in [0.3, 0.4) is 0 Å². The van der Waals surface area contributed by atoms with Crippen LogP contribution in [0.1, 0.15) is 0 Å². The number of ether oxygens (including phenoxy) is 3. The molecular weight excluding hydrogens is 276 g/mol. The second-order valence-electron chi connectivity index (χ2n) is 4.17. The molecule has 0 amide bonds. The number of aliphatic hydroxyl groups excluding tert-OH is 4. The lowest BCUT2D eigenvalue weighted by Crippen LogP contribution is -2.59. The maximum absolute atomic E-state index is 9.68. The fraction of sp³-hybridized carbons (Fsp3) is 1.00. The zero-order chi connectivity index (χ0) is 14.3. The molecule has 4 N–H and O–H groups in total. The highest BCUT2D eigenvalue weighted by Gasteiger charge is 2.43. The van der Waals surface area contributed by atoms with Crippen molar-refractivity contribution in [2.45, 2.75) is 30.7 Å². The zero-order valence-corrected chi connectivity index (χ0v) is 11.7. The van der Waals surface area contributed by atoms with Crippen LogP contribution in [-0.4, -0.2) is 89.6 Å². The molecule has 0 aromatic rings. The number of hydrogen-bond acceptors (Lipinski definition) is 8. The number of rotatable bonds is 8. The van der Waals surface area contributed by atoms with Gasteiger partial charge in [-0.05, 0) is 6.26 Å². The summed E-state index contributed by atoms with van der Waals surface area (Å²) in [5.41, 5.74) is 0. The van der Waals surface area contributed by atoms with E-state index in [2.05, 4.69) is 0 Å². The van der Waals surface area contributed by atoms with Crippen LogP contribution in [0.15, 0.2) is 0 Å². The molecule has 0 spiro atoms. The predicted molar refractivity (Wildman–Crippen MR) is 68.9 cm³/mol. The molecule has 7 nitrogen and oxygen atoms in total. The number of thioether (sulfide) groups is 1. The molecule has 114 valence electrons. The van der Waals surface area contributed by atoms with Crippen molar-refractivity contribution in [1.29, 1.82) is 0 Å². The minimum absolute atomic E-state index is 0.192. The van der Waals surface area contributed by atoms with Crippen molar-refractivity contribution in [1.82, 2.24) is 0 Å². The molecule has 19 heavy (non-hydrogen) atoms. The molecule has 1 aliphatic rings. The molecule has 5 unspecified atom stereocenters. The van der Waals surface area contributed by atoms with Crippen LogP contribution >= 0.6 is 11.8 Å². The minimum atomic E-state index is -1.41. The third kappa shape index (κ3) is 5.16. The highest BCUT2D eigenvalue weighted by molar-refractivity contribution is 7.98. The highest BCUT2D eigenvalue weighted by Crippen LogP contribution is 2.21. The van der Waals surface area contributed by atoms with Crippen LogP contribution in [0.4, 0.5) is 0 Å². The van der Waals surface area contributed by atoms with Crippen molar-refractivity contribution in [2.75, 3.05) is 38.4 Å². The lowest BCUT2D eigenvalue weighted by Gasteiger charge is -2.39. The normalized spacial score (nSPS) is 35.5. The van der Waals surface area contributed by atoms with Crippen LogP contribution in [0.2, 0.25) is 0 Å². The van der Waals surface area contributed by atoms with Gasteiger partial charge < -0.3 is 34.6 Å². The van der Waals surface area contributed by atoms with Crippen molar-refractivity contribution in [3.05, 3.63) is 0 Å². The van der Waals surface area contributed by atoms with E-state index in [1.807, 2.05) is 6.26 Å². The summed E-state index contributed by atoms with van der Waals surface area (Å²) in [6.45, 7) is 0.681. The lowest BCUT2D eigenvalue weighted by molar-refractivity contribution is -0.302. The summed E-state index contributed by atoms with van der Waals surface area (Å²) in [5.74, 6) is 0.889. The van der Waals surface area contributed by atoms with E-state index in [4.69, 9.17) is 19.3 Å². The Morgan fingerprint density at radius 3 is 2.42 bits per heavy atom. The van der Waals surface area contributed by atoms with Gasteiger partial charge in [-0.25, -0.2) is 0 Å². The molecule has 0 radical (unpaired) electrons. The summed E-state index contributed by atoms with van der Waals surface area (Å²) in [5, 5.41) is 37.8. The summed E-state index contributed by atoms with van der Waals surface area (Å²) in [4.78, 5) is 0. The van der Waals surface area contributed by atoms with Crippen molar-refractivity contribution in [2.24, 2.45) is 0 Å². The van der Waals surface area contributed by atoms with Gasteiger partial charge >= 0.3 is 0 Å². The van der Waals surface area contributed by atoms with Gasteiger partial charge in [-0.1, -0.05) is 0 Å². The zero-order valence-electron chi connectivity index (χ0n) is 10.8. The van der Waals surface area contributed by atoms with E-state index in [1.165, 1.54) is 0 Å². The summed E-state index contributed by atoms with van der Waals surface area (Å²) in [6, 6.07) is 0. The molecule has 1 aliphatic heterocycles. The lowest BCUT2D eigenvalue weighted by atomic mass is 9.99. The van der Waals surface area contributed by atoms with Crippen molar-refractivity contribution >= 4 is 11.8 Å². The van der Waals surface area contributed by atoms with Gasteiger partial charge in [-0.15, -0.1) is 0 Å². The average molecular weight is 298 g/mol. The van der Waals surface area contributed by atoms with Gasteiger partial charge in [0, 0.05) is 5.75 Å². The maximum atomic E-state index is 9.68. The third-order valence-corrected chi connectivity index (χ3v) is 3.36. The second-order valence-corrected chi connectivity index (χ2v) is 5.16. The van der Waals surface area contributed by atoms with Gasteiger partial charge in [0.15, 0.2) is 6.29 Å². The van der Waals surface area contributed by atoms with E-state index in [0.717, 1.165) is 5.75 Å². The van der Waals surface area contributed by atoms with Crippen LogP contribution in [0.25, 0.3) is 0 Å². The van der Waals surface area contributed by atoms with E-state index >= 15 is 0 Å². The van der Waals surface area contributed by atoms with E-state index in [1.54, 1.807) is 11.8 Å². The summed E-state index contributed by atoms with van der Waals surface area (Å²) in [6.07, 6.45) is -4.18. The SMILES string of the molecule is CSCCOCCOC1OC(CO)C(O)C(O)C1O. The van der Waals surface area contributed by atoms with E-state index in [9.17, 15) is 15.3 Å². The van der Waals surface area contributed by atoms with Crippen molar-refractivity contribution in [3.63, 3.8) is 0 Å². The number of hydrogen-bond donors (Lipinski definition) is 4. The summed E-state index contributed by atoms with van der Waals surface area (Å²) < 4.78 is 15.7. The van der Waals surface area contributed by atoms with E-state index < -0.39 is 37.3 Å². The van der Waals surface area contributed by atoms with E-state index in [0.29, 0.717) is 13.2 Å². The molecule has 0 saturated carbocycles. The Kier molecular flexibility index (Phi) is 8.19. The smallest absolute Gasteiger partial charge is 0.186 e. The van der Waals surface area contributed by atoms with Crippen LogP contribution in [0.5, 0.6) is 0 Å². The third-order valence-electron chi connectivity index (χ3n) is 2.79. The molecule has 5 atom stereocenters. The highest BCUT2D eigenvalue weighted by atomic mass is 32.2. The van der Waals surface area contributed by atoms with Gasteiger partial charge in [0.2, 0.25) is 0 Å². The quantitative estimate of drug-likeness (QED) is 0.388. The topological polar surface area (TPSA) is 109 Å². The van der Waals surface area contributed by atoms with Crippen LogP contribution < -0.4 is 0 Å². The Morgan fingerprint density at radius 2 is 1.79 bits per heavy atom. The predicted octanol–water partition coefficient (Wildman–Crippen LogP) is -1.82. The van der Waals surface area contributed by atoms with Crippen molar-refractivity contribution < 1.29 is 34.6 Å².